The first kappa shape index (κ1) is 61.4. The highest BCUT2D eigenvalue weighted by Gasteiger charge is 2.19. The van der Waals surface area contributed by atoms with Crippen LogP contribution in [0.3, 0.4) is 0 Å². The lowest BCUT2D eigenvalue weighted by Gasteiger charge is -2.18. The van der Waals surface area contributed by atoms with E-state index in [1.165, 1.54) is 161 Å². The highest BCUT2D eigenvalue weighted by molar-refractivity contribution is 5.71. The molecule has 6 nitrogen and oxygen atoms in total. The maximum absolute atomic E-state index is 12.8. The molecule has 0 N–H and O–H groups in total. The van der Waals surface area contributed by atoms with Gasteiger partial charge in [0, 0.05) is 19.3 Å². The molecule has 0 aromatic carbocycles. The van der Waals surface area contributed by atoms with Gasteiger partial charge in [-0.3, -0.25) is 14.4 Å². The van der Waals surface area contributed by atoms with E-state index >= 15 is 0 Å². The molecule has 6 heteroatoms. The molecule has 0 aliphatic rings. The molecule has 64 heavy (non-hydrogen) atoms. The fraction of sp³-hybridized carbons (Fsp3) is 0.810. The molecular weight excluding hydrogens is 793 g/mol. The Morgan fingerprint density at radius 1 is 0.328 bits per heavy atom. The van der Waals surface area contributed by atoms with Gasteiger partial charge < -0.3 is 14.2 Å². The number of ether oxygens (including phenoxy) is 3. The van der Waals surface area contributed by atoms with E-state index in [1.807, 2.05) is 0 Å². The van der Waals surface area contributed by atoms with Crippen LogP contribution in [0.25, 0.3) is 0 Å². The summed E-state index contributed by atoms with van der Waals surface area (Å²) in [5.41, 5.74) is 0. The van der Waals surface area contributed by atoms with Crippen molar-refractivity contribution < 1.29 is 28.6 Å². The number of rotatable bonds is 50. The first-order valence-corrected chi connectivity index (χ1v) is 27.7. The molecule has 0 radical (unpaired) electrons. The Hall–Kier alpha value is -2.63. The first-order valence-electron chi connectivity index (χ1n) is 27.7. The van der Waals surface area contributed by atoms with Crippen molar-refractivity contribution in [2.75, 3.05) is 13.2 Å². The molecule has 0 amide bonds. The van der Waals surface area contributed by atoms with Crippen LogP contribution in [0, 0.1) is 0 Å². The fourth-order valence-corrected chi connectivity index (χ4v) is 7.97. The van der Waals surface area contributed by atoms with Gasteiger partial charge in [0.25, 0.3) is 0 Å². The third kappa shape index (κ3) is 50.4. The zero-order valence-corrected chi connectivity index (χ0v) is 42.6. The maximum atomic E-state index is 12.8. The second-order valence-corrected chi connectivity index (χ2v) is 18.5. The minimum atomic E-state index is -0.781. The molecule has 0 rings (SSSR count). The summed E-state index contributed by atoms with van der Waals surface area (Å²) in [6.07, 6.45) is 63.8. The van der Waals surface area contributed by atoms with Crippen molar-refractivity contribution in [3.05, 3.63) is 48.6 Å². The number of hydrogen-bond acceptors (Lipinski definition) is 6. The summed E-state index contributed by atoms with van der Waals surface area (Å²) in [6, 6.07) is 0. The van der Waals surface area contributed by atoms with Gasteiger partial charge in [-0.25, -0.2) is 0 Å². The molecule has 0 spiro atoms. The van der Waals surface area contributed by atoms with Crippen LogP contribution in [0.4, 0.5) is 0 Å². The maximum Gasteiger partial charge on any atom is 0.306 e. The number of hydrogen-bond donors (Lipinski definition) is 0. The van der Waals surface area contributed by atoms with E-state index < -0.39 is 6.10 Å². The van der Waals surface area contributed by atoms with Gasteiger partial charge in [-0.2, -0.15) is 0 Å². The van der Waals surface area contributed by atoms with Gasteiger partial charge in [0.2, 0.25) is 0 Å². The van der Waals surface area contributed by atoms with E-state index in [1.54, 1.807) is 0 Å². The van der Waals surface area contributed by atoms with Crippen LogP contribution in [-0.2, 0) is 28.6 Å². The minimum Gasteiger partial charge on any atom is -0.462 e. The van der Waals surface area contributed by atoms with Gasteiger partial charge in [-0.05, 0) is 64.2 Å². The van der Waals surface area contributed by atoms with Crippen LogP contribution in [0.2, 0.25) is 0 Å². The Balaban J connectivity index is 4.35. The van der Waals surface area contributed by atoms with Crippen molar-refractivity contribution in [2.24, 2.45) is 0 Å². The van der Waals surface area contributed by atoms with Gasteiger partial charge in [-0.15, -0.1) is 0 Å². The van der Waals surface area contributed by atoms with Crippen molar-refractivity contribution in [3.63, 3.8) is 0 Å². The van der Waals surface area contributed by atoms with Crippen molar-refractivity contribution in [3.8, 4) is 0 Å². The second kappa shape index (κ2) is 53.0. The highest BCUT2D eigenvalue weighted by Crippen LogP contribution is 2.16. The second-order valence-electron chi connectivity index (χ2n) is 18.5. The molecule has 0 bridgehead atoms. The lowest BCUT2D eigenvalue weighted by atomic mass is 10.0. The number of carbonyl (C=O) groups is 3. The predicted molar refractivity (Wildman–Crippen MR) is 275 cm³/mol. The summed E-state index contributed by atoms with van der Waals surface area (Å²) in [4.78, 5) is 38.1. The van der Waals surface area contributed by atoms with Crippen molar-refractivity contribution in [1.29, 1.82) is 0 Å². The molecule has 0 heterocycles. The van der Waals surface area contributed by atoms with Gasteiger partial charge in [0.1, 0.15) is 13.2 Å². The topological polar surface area (TPSA) is 78.9 Å². The molecule has 0 aliphatic carbocycles. The number of carbonyl (C=O) groups excluding carboxylic acids is 3. The Bertz CT molecular complexity index is 1120. The van der Waals surface area contributed by atoms with E-state index in [2.05, 4.69) is 69.4 Å². The standard InChI is InChI=1S/C58H104O6/c1-4-7-10-13-16-19-22-25-27-28-29-31-33-36-39-42-45-48-51-57(60)63-54-55(53-62-56(59)50-47-44-41-38-35-32-24-21-18-15-12-9-6-3)64-58(61)52-49-46-43-40-37-34-30-26-23-20-17-14-11-8-5-2/h9,12,15,18,20-21,23-24,55H,4-8,10-11,13-14,16-17,19,22,25-54H2,1-3H3/b12-9-,18-15-,23-20-,24-21-. The molecular formula is C58H104O6. The minimum absolute atomic E-state index is 0.0787. The zero-order chi connectivity index (χ0) is 46.5. The number of allylic oxidation sites excluding steroid dienone is 8. The molecule has 0 fully saturated rings. The third-order valence-corrected chi connectivity index (χ3v) is 12.1. The molecule has 1 unspecified atom stereocenters. The van der Waals surface area contributed by atoms with Crippen LogP contribution >= 0.6 is 0 Å². The first-order chi connectivity index (χ1) is 31.5. The summed E-state index contributed by atoms with van der Waals surface area (Å²) in [7, 11) is 0. The van der Waals surface area contributed by atoms with E-state index in [4.69, 9.17) is 14.2 Å². The largest absolute Gasteiger partial charge is 0.462 e. The monoisotopic (exact) mass is 897 g/mol. The van der Waals surface area contributed by atoms with E-state index in [9.17, 15) is 14.4 Å². The number of esters is 3. The summed E-state index contributed by atoms with van der Waals surface area (Å²) in [6.45, 7) is 6.50. The zero-order valence-electron chi connectivity index (χ0n) is 42.6. The van der Waals surface area contributed by atoms with Crippen LogP contribution < -0.4 is 0 Å². The van der Waals surface area contributed by atoms with E-state index in [0.717, 1.165) is 83.5 Å². The lowest BCUT2D eigenvalue weighted by Crippen LogP contribution is -2.30. The molecule has 0 aromatic heterocycles. The van der Waals surface area contributed by atoms with Crippen LogP contribution in [0.1, 0.15) is 284 Å². The fourth-order valence-electron chi connectivity index (χ4n) is 7.97. The van der Waals surface area contributed by atoms with Gasteiger partial charge >= 0.3 is 17.9 Å². The average Bonchev–Trinajstić information content (AvgIpc) is 3.29. The van der Waals surface area contributed by atoms with Crippen molar-refractivity contribution in [1.82, 2.24) is 0 Å². The molecule has 0 saturated heterocycles. The predicted octanol–water partition coefficient (Wildman–Crippen LogP) is 18.3. The SMILES string of the molecule is CC\C=C/C=C\C=C/CCCCCCCC(=O)OCC(COC(=O)CCCCCCCCCCCCCCCCCCCC)OC(=O)CCCCCCCCC/C=C\CCCCCC. The van der Waals surface area contributed by atoms with Crippen molar-refractivity contribution >= 4 is 17.9 Å². The Morgan fingerprint density at radius 3 is 1.00 bits per heavy atom. The highest BCUT2D eigenvalue weighted by atomic mass is 16.6. The van der Waals surface area contributed by atoms with Crippen molar-refractivity contribution in [2.45, 2.75) is 290 Å². The Morgan fingerprint density at radius 2 is 0.625 bits per heavy atom. The van der Waals surface area contributed by atoms with E-state index in [0.29, 0.717) is 19.3 Å². The van der Waals surface area contributed by atoms with Crippen LogP contribution in [0.15, 0.2) is 48.6 Å². The Labute approximate surface area is 397 Å². The quantitative estimate of drug-likeness (QED) is 0.0199. The van der Waals surface area contributed by atoms with E-state index in [-0.39, 0.29) is 31.1 Å². The summed E-state index contributed by atoms with van der Waals surface area (Å²) >= 11 is 0. The third-order valence-electron chi connectivity index (χ3n) is 12.1. The molecule has 1 atom stereocenters. The van der Waals surface area contributed by atoms with Crippen LogP contribution in [0.5, 0.6) is 0 Å². The van der Waals surface area contributed by atoms with Gasteiger partial charge in [-0.1, -0.05) is 249 Å². The van der Waals surface area contributed by atoms with Gasteiger partial charge in [0.15, 0.2) is 6.10 Å². The summed E-state index contributed by atoms with van der Waals surface area (Å²) in [5.74, 6) is -0.892. The average molecular weight is 897 g/mol. The molecule has 0 saturated carbocycles. The van der Waals surface area contributed by atoms with Crippen LogP contribution in [-0.4, -0.2) is 37.2 Å². The number of unbranched alkanes of at least 4 members (excludes halogenated alkanes) is 33. The summed E-state index contributed by atoms with van der Waals surface area (Å²) < 4.78 is 16.8. The normalized spacial score (nSPS) is 12.4. The lowest BCUT2D eigenvalue weighted by molar-refractivity contribution is -0.167. The summed E-state index contributed by atoms with van der Waals surface area (Å²) in [5, 5.41) is 0. The smallest absolute Gasteiger partial charge is 0.306 e. The molecule has 0 aromatic rings. The van der Waals surface area contributed by atoms with Gasteiger partial charge in [0.05, 0.1) is 0 Å². The molecule has 372 valence electrons. The Kier molecular flexibility index (Phi) is 50.8. The molecule has 0 aliphatic heterocycles.